The number of carbonyl (C=O) groups is 1. The van der Waals surface area contributed by atoms with Crippen LogP contribution >= 0.6 is 0 Å². The van der Waals surface area contributed by atoms with E-state index in [1.807, 2.05) is 31.2 Å². The van der Waals surface area contributed by atoms with Crippen molar-refractivity contribution in [2.75, 3.05) is 6.54 Å². The molecule has 1 amide bonds. The van der Waals surface area contributed by atoms with Gasteiger partial charge in [0.1, 0.15) is 5.82 Å². The number of aromatic nitrogens is 1. The van der Waals surface area contributed by atoms with Crippen molar-refractivity contribution in [3.05, 3.63) is 59.9 Å². The van der Waals surface area contributed by atoms with Gasteiger partial charge < -0.3 is 10.3 Å². The van der Waals surface area contributed by atoms with Crippen LogP contribution in [0.3, 0.4) is 0 Å². The molecule has 2 aromatic carbocycles. The number of nitrogens with one attached hydrogen (secondary N) is 2. The first kappa shape index (κ1) is 15.3. The van der Waals surface area contributed by atoms with Gasteiger partial charge in [0, 0.05) is 29.6 Å². The molecule has 0 aliphatic rings. The van der Waals surface area contributed by atoms with Gasteiger partial charge in [-0.1, -0.05) is 18.2 Å². The minimum Gasteiger partial charge on any atom is -0.356 e. The minimum atomic E-state index is -0.256. The maximum absolute atomic E-state index is 13.2. The molecule has 0 radical (unpaired) electrons. The Morgan fingerprint density at radius 3 is 2.61 bits per heavy atom. The van der Waals surface area contributed by atoms with E-state index < -0.39 is 0 Å². The van der Waals surface area contributed by atoms with Crippen LogP contribution in [0.15, 0.2) is 48.5 Å². The van der Waals surface area contributed by atoms with Gasteiger partial charge in [-0.3, -0.25) is 4.79 Å². The van der Waals surface area contributed by atoms with E-state index in [1.165, 1.54) is 12.1 Å². The lowest BCUT2D eigenvalue weighted by Gasteiger charge is -2.06. The third-order valence-electron chi connectivity index (χ3n) is 3.92. The van der Waals surface area contributed by atoms with Crippen LogP contribution in [0.5, 0.6) is 0 Å². The molecule has 0 atom stereocenters. The second kappa shape index (κ2) is 6.65. The third kappa shape index (κ3) is 3.26. The summed E-state index contributed by atoms with van der Waals surface area (Å²) in [6.45, 7) is 2.55. The topological polar surface area (TPSA) is 44.9 Å². The fraction of sp³-hybridized carbons (Fsp3) is 0.211. The highest BCUT2D eigenvalue weighted by Crippen LogP contribution is 2.31. The first-order valence-electron chi connectivity index (χ1n) is 7.81. The monoisotopic (exact) mass is 310 g/mol. The van der Waals surface area contributed by atoms with Gasteiger partial charge in [-0.15, -0.1) is 0 Å². The molecular formula is C19H19FN2O. The standard InChI is InChI=1S/C19H19FN2O/c1-2-21-18(23)12-11-16-15-5-3-4-6-17(15)22-19(16)13-7-9-14(20)10-8-13/h3-10,22H,2,11-12H2,1H3,(H,21,23). The van der Waals surface area contributed by atoms with E-state index in [0.717, 1.165) is 27.7 Å². The summed E-state index contributed by atoms with van der Waals surface area (Å²) in [5.74, 6) is -0.212. The van der Waals surface area contributed by atoms with Crippen molar-refractivity contribution in [3.8, 4) is 11.3 Å². The zero-order valence-corrected chi connectivity index (χ0v) is 13.0. The van der Waals surface area contributed by atoms with Crippen LogP contribution in [-0.2, 0) is 11.2 Å². The molecule has 0 bridgehead atoms. The first-order chi connectivity index (χ1) is 11.2. The summed E-state index contributed by atoms with van der Waals surface area (Å²) < 4.78 is 13.2. The number of halogens is 1. The van der Waals surface area contributed by atoms with Crippen molar-refractivity contribution in [2.45, 2.75) is 19.8 Å². The number of fused-ring (bicyclic) bond motifs is 1. The second-order valence-electron chi connectivity index (χ2n) is 5.48. The highest BCUT2D eigenvalue weighted by Gasteiger charge is 2.14. The average molecular weight is 310 g/mol. The predicted molar refractivity (Wildman–Crippen MR) is 90.7 cm³/mol. The van der Waals surface area contributed by atoms with E-state index in [4.69, 9.17) is 0 Å². The van der Waals surface area contributed by atoms with Gasteiger partial charge in [-0.05, 0) is 54.8 Å². The average Bonchev–Trinajstić information content (AvgIpc) is 2.92. The Kier molecular flexibility index (Phi) is 4.42. The number of hydrogen-bond acceptors (Lipinski definition) is 1. The SMILES string of the molecule is CCNC(=O)CCc1c(-c2ccc(F)cc2)[nH]c2ccccc12. The number of aromatic amines is 1. The lowest BCUT2D eigenvalue weighted by atomic mass is 10.0. The van der Waals surface area contributed by atoms with Crippen LogP contribution in [0.25, 0.3) is 22.2 Å². The molecule has 23 heavy (non-hydrogen) atoms. The Hall–Kier alpha value is -2.62. The van der Waals surface area contributed by atoms with Crippen molar-refractivity contribution >= 4 is 16.8 Å². The van der Waals surface area contributed by atoms with Gasteiger partial charge in [0.05, 0.1) is 0 Å². The molecule has 0 saturated heterocycles. The summed E-state index contributed by atoms with van der Waals surface area (Å²) in [5.41, 5.74) is 4.00. The molecule has 0 spiro atoms. The summed E-state index contributed by atoms with van der Waals surface area (Å²) in [5, 5.41) is 3.93. The molecule has 0 aliphatic carbocycles. The Morgan fingerprint density at radius 2 is 1.87 bits per heavy atom. The number of rotatable bonds is 5. The molecule has 3 rings (SSSR count). The summed E-state index contributed by atoms with van der Waals surface area (Å²) in [4.78, 5) is 15.2. The van der Waals surface area contributed by atoms with Crippen LogP contribution in [-0.4, -0.2) is 17.4 Å². The lowest BCUT2D eigenvalue weighted by molar-refractivity contribution is -0.120. The lowest BCUT2D eigenvalue weighted by Crippen LogP contribution is -2.22. The van der Waals surface area contributed by atoms with Crippen molar-refractivity contribution < 1.29 is 9.18 Å². The van der Waals surface area contributed by atoms with Gasteiger partial charge in [-0.25, -0.2) is 4.39 Å². The molecule has 0 fully saturated rings. The normalized spacial score (nSPS) is 10.9. The smallest absolute Gasteiger partial charge is 0.220 e. The van der Waals surface area contributed by atoms with E-state index in [9.17, 15) is 9.18 Å². The minimum absolute atomic E-state index is 0.0443. The quantitative estimate of drug-likeness (QED) is 0.734. The fourth-order valence-electron chi connectivity index (χ4n) is 2.85. The molecule has 2 N–H and O–H groups in total. The highest BCUT2D eigenvalue weighted by molar-refractivity contribution is 5.91. The third-order valence-corrected chi connectivity index (χ3v) is 3.92. The number of benzene rings is 2. The molecule has 1 heterocycles. The molecule has 3 aromatic rings. The van der Waals surface area contributed by atoms with Gasteiger partial charge in [-0.2, -0.15) is 0 Å². The fourth-order valence-corrected chi connectivity index (χ4v) is 2.85. The number of para-hydroxylation sites is 1. The maximum Gasteiger partial charge on any atom is 0.220 e. The molecule has 4 heteroatoms. The van der Waals surface area contributed by atoms with E-state index >= 15 is 0 Å². The molecular weight excluding hydrogens is 291 g/mol. The van der Waals surface area contributed by atoms with Gasteiger partial charge in [0.15, 0.2) is 0 Å². The predicted octanol–water partition coefficient (Wildman–Crippen LogP) is 4.04. The highest BCUT2D eigenvalue weighted by atomic mass is 19.1. The van der Waals surface area contributed by atoms with Crippen LogP contribution in [0.4, 0.5) is 4.39 Å². The zero-order valence-electron chi connectivity index (χ0n) is 13.0. The summed E-state index contributed by atoms with van der Waals surface area (Å²) in [7, 11) is 0. The Labute approximate surface area is 134 Å². The van der Waals surface area contributed by atoms with E-state index in [1.54, 1.807) is 12.1 Å². The van der Waals surface area contributed by atoms with Crippen molar-refractivity contribution in [1.29, 1.82) is 0 Å². The van der Waals surface area contributed by atoms with Gasteiger partial charge in [0.25, 0.3) is 0 Å². The van der Waals surface area contributed by atoms with Crippen molar-refractivity contribution in [1.82, 2.24) is 10.3 Å². The maximum atomic E-state index is 13.2. The van der Waals surface area contributed by atoms with Crippen molar-refractivity contribution in [3.63, 3.8) is 0 Å². The molecule has 118 valence electrons. The zero-order chi connectivity index (χ0) is 16.2. The molecule has 0 unspecified atom stereocenters. The van der Waals surface area contributed by atoms with Gasteiger partial charge >= 0.3 is 0 Å². The molecule has 0 aliphatic heterocycles. The van der Waals surface area contributed by atoms with Crippen LogP contribution in [0.1, 0.15) is 18.9 Å². The molecule has 1 aromatic heterocycles. The second-order valence-corrected chi connectivity index (χ2v) is 5.48. The molecule has 3 nitrogen and oxygen atoms in total. The Balaban J connectivity index is 2.01. The summed E-state index contributed by atoms with van der Waals surface area (Å²) >= 11 is 0. The van der Waals surface area contributed by atoms with E-state index in [2.05, 4.69) is 10.3 Å². The Morgan fingerprint density at radius 1 is 1.13 bits per heavy atom. The number of hydrogen-bond donors (Lipinski definition) is 2. The van der Waals surface area contributed by atoms with E-state index in [0.29, 0.717) is 19.4 Å². The largest absolute Gasteiger partial charge is 0.356 e. The number of aryl methyl sites for hydroxylation is 1. The summed E-state index contributed by atoms with van der Waals surface area (Å²) in [6, 6.07) is 14.4. The van der Waals surface area contributed by atoms with E-state index in [-0.39, 0.29) is 11.7 Å². The van der Waals surface area contributed by atoms with Crippen LogP contribution < -0.4 is 5.32 Å². The van der Waals surface area contributed by atoms with Crippen LogP contribution in [0.2, 0.25) is 0 Å². The van der Waals surface area contributed by atoms with Crippen LogP contribution in [0, 0.1) is 5.82 Å². The van der Waals surface area contributed by atoms with Gasteiger partial charge in [0.2, 0.25) is 5.91 Å². The number of carbonyl (C=O) groups excluding carboxylic acids is 1. The number of amides is 1. The first-order valence-corrected chi connectivity index (χ1v) is 7.81. The Bertz CT molecular complexity index is 821. The summed E-state index contributed by atoms with van der Waals surface area (Å²) in [6.07, 6.45) is 1.08. The number of H-pyrrole nitrogens is 1. The molecule has 0 saturated carbocycles. The van der Waals surface area contributed by atoms with Crippen molar-refractivity contribution in [2.24, 2.45) is 0 Å².